The number of morpholine rings is 1. The Balaban J connectivity index is 1.32. The largest absolute Gasteiger partial charge is 0.490 e. The van der Waals surface area contributed by atoms with Gasteiger partial charge >= 0.3 is 0 Å². The molecule has 0 saturated carbocycles. The van der Waals surface area contributed by atoms with Gasteiger partial charge in [0.1, 0.15) is 23.9 Å². The molecule has 5 rings (SSSR count). The first-order chi connectivity index (χ1) is 14.8. The molecular weight excluding hydrogens is 387 g/mol. The van der Waals surface area contributed by atoms with Crippen molar-refractivity contribution in [1.82, 2.24) is 9.97 Å². The van der Waals surface area contributed by atoms with Crippen LogP contribution in [0.15, 0.2) is 54.9 Å². The van der Waals surface area contributed by atoms with E-state index in [1.807, 2.05) is 23.1 Å². The van der Waals surface area contributed by atoms with Crippen LogP contribution >= 0.6 is 0 Å². The van der Waals surface area contributed by atoms with Crippen LogP contribution in [0.2, 0.25) is 0 Å². The molecule has 1 aromatic heterocycles. The van der Waals surface area contributed by atoms with E-state index in [2.05, 4.69) is 20.9 Å². The molecular formula is C22H21FN4O3. The molecule has 0 amide bonds. The normalized spacial score (nSPS) is 16.0. The van der Waals surface area contributed by atoms with Crippen molar-refractivity contribution < 1.29 is 18.6 Å². The molecule has 2 aliphatic rings. The fourth-order valence-corrected chi connectivity index (χ4v) is 3.60. The fraction of sp³-hybridized carbons (Fsp3) is 0.273. The van der Waals surface area contributed by atoms with Gasteiger partial charge in [0.05, 0.1) is 37.8 Å². The Kier molecular flexibility index (Phi) is 5.06. The summed E-state index contributed by atoms with van der Waals surface area (Å²) < 4.78 is 30.7. The van der Waals surface area contributed by atoms with Crippen molar-refractivity contribution in [3.63, 3.8) is 0 Å². The summed E-state index contributed by atoms with van der Waals surface area (Å²) in [6.07, 6.45) is 3.25. The zero-order chi connectivity index (χ0) is 20.3. The highest BCUT2D eigenvalue weighted by molar-refractivity contribution is 5.66. The molecule has 3 heterocycles. The van der Waals surface area contributed by atoms with Crippen LogP contribution in [0.4, 0.5) is 21.7 Å². The molecule has 0 N–H and O–H groups in total. The van der Waals surface area contributed by atoms with E-state index in [0.717, 1.165) is 32.0 Å². The Morgan fingerprint density at radius 2 is 1.73 bits per heavy atom. The third kappa shape index (κ3) is 3.86. The molecule has 0 aliphatic carbocycles. The van der Waals surface area contributed by atoms with E-state index in [9.17, 15) is 4.39 Å². The first-order valence-corrected chi connectivity index (χ1v) is 9.89. The molecule has 1 fully saturated rings. The maximum atomic E-state index is 13.7. The Morgan fingerprint density at radius 1 is 0.900 bits per heavy atom. The predicted octanol–water partition coefficient (Wildman–Crippen LogP) is 3.78. The van der Waals surface area contributed by atoms with Gasteiger partial charge in [0, 0.05) is 30.9 Å². The molecule has 0 bridgehead atoms. The van der Waals surface area contributed by atoms with Gasteiger partial charge in [0.2, 0.25) is 5.95 Å². The SMILES string of the molecule is Fc1ccc2c(c1)N(c1ncc(Oc3cccc(N4CCOCC4)c3)cn1)CCO2. The van der Waals surface area contributed by atoms with Crippen LogP contribution in [-0.4, -0.2) is 49.4 Å². The molecule has 0 spiro atoms. The molecule has 3 aromatic rings. The Hall–Kier alpha value is -3.39. The maximum Gasteiger partial charge on any atom is 0.230 e. The van der Waals surface area contributed by atoms with Crippen LogP contribution in [0.3, 0.4) is 0 Å². The van der Waals surface area contributed by atoms with Gasteiger partial charge < -0.3 is 24.0 Å². The van der Waals surface area contributed by atoms with Gasteiger partial charge in [-0.15, -0.1) is 0 Å². The number of halogens is 1. The highest BCUT2D eigenvalue weighted by Crippen LogP contribution is 2.36. The smallest absolute Gasteiger partial charge is 0.230 e. The van der Waals surface area contributed by atoms with E-state index in [0.29, 0.717) is 42.0 Å². The minimum Gasteiger partial charge on any atom is -0.490 e. The summed E-state index contributed by atoms with van der Waals surface area (Å²) in [6.45, 7) is 4.21. The maximum absolute atomic E-state index is 13.7. The number of anilines is 3. The quantitative estimate of drug-likeness (QED) is 0.651. The van der Waals surface area contributed by atoms with Gasteiger partial charge in [-0.3, -0.25) is 0 Å². The van der Waals surface area contributed by atoms with Crippen LogP contribution in [0.5, 0.6) is 17.2 Å². The number of hydrogen-bond donors (Lipinski definition) is 0. The Bertz CT molecular complexity index is 1030. The Morgan fingerprint density at radius 3 is 2.57 bits per heavy atom. The van der Waals surface area contributed by atoms with Crippen LogP contribution in [-0.2, 0) is 4.74 Å². The molecule has 2 aliphatic heterocycles. The van der Waals surface area contributed by atoms with Gasteiger partial charge in [0.25, 0.3) is 0 Å². The minimum atomic E-state index is -0.329. The van der Waals surface area contributed by atoms with Gasteiger partial charge in [0.15, 0.2) is 5.75 Å². The van der Waals surface area contributed by atoms with E-state index in [4.69, 9.17) is 14.2 Å². The summed E-state index contributed by atoms with van der Waals surface area (Å²) in [5, 5.41) is 0. The van der Waals surface area contributed by atoms with Gasteiger partial charge in [-0.2, -0.15) is 0 Å². The van der Waals surface area contributed by atoms with Gasteiger partial charge in [-0.1, -0.05) is 6.07 Å². The molecule has 1 saturated heterocycles. The lowest BCUT2D eigenvalue weighted by molar-refractivity contribution is 0.122. The van der Waals surface area contributed by atoms with Crippen molar-refractivity contribution >= 4 is 17.3 Å². The van der Waals surface area contributed by atoms with E-state index in [1.54, 1.807) is 18.5 Å². The number of ether oxygens (including phenoxy) is 3. The standard InChI is InChI=1S/C22H21FN4O3/c23-16-4-5-21-20(12-16)27(8-11-29-21)22-24-14-19(15-25-22)30-18-3-1-2-17(13-18)26-6-9-28-10-7-26/h1-5,12-15H,6-11H2. The van der Waals surface area contributed by atoms with Crippen molar-refractivity contribution in [2.75, 3.05) is 49.3 Å². The average Bonchev–Trinajstić information content (AvgIpc) is 2.80. The zero-order valence-corrected chi connectivity index (χ0v) is 16.3. The number of aromatic nitrogens is 2. The van der Waals surface area contributed by atoms with Gasteiger partial charge in [-0.25, -0.2) is 14.4 Å². The van der Waals surface area contributed by atoms with Crippen LogP contribution in [0, 0.1) is 5.82 Å². The number of nitrogens with zero attached hydrogens (tertiary/aromatic N) is 4. The van der Waals surface area contributed by atoms with Crippen molar-refractivity contribution in [2.45, 2.75) is 0 Å². The lowest BCUT2D eigenvalue weighted by Crippen LogP contribution is -2.36. The second kappa shape index (κ2) is 8.16. The number of hydrogen-bond acceptors (Lipinski definition) is 7. The van der Waals surface area contributed by atoms with Crippen molar-refractivity contribution in [3.8, 4) is 17.2 Å². The summed E-state index contributed by atoms with van der Waals surface area (Å²) in [6, 6.07) is 12.4. The lowest BCUT2D eigenvalue weighted by atomic mass is 10.2. The highest BCUT2D eigenvalue weighted by atomic mass is 19.1. The minimum absolute atomic E-state index is 0.329. The molecule has 30 heavy (non-hydrogen) atoms. The average molecular weight is 408 g/mol. The molecule has 7 nitrogen and oxygen atoms in total. The molecule has 0 atom stereocenters. The number of benzene rings is 2. The summed E-state index contributed by atoms with van der Waals surface area (Å²) in [7, 11) is 0. The van der Waals surface area contributed by atoms with E-state index in [1.165, 1.54) is 12.1 Å². The number of fused-ring (bicyclic) bond motifs is 1. The zero-order valence-electron chi connectivity index (χ0n) is 16.3. The molecule has 154 valence electrons. The molecule has 8 heteroatoms. The van der Waals surface area contributed by atoms with E-state index >= 15 is 0 Å². The lowest BCUT2D eigenvalue weighted by Gasteiger charge is -2.29. The fourth-order valence-electron chi connectivity index (χ4n) is 3.60. The van der Waals surface area contributed by atoms with Crippen LogP contribution < -0.4 is 19.3 Å². The van der Waals surface area contributed by atoms with E-state index < -0.39 is 0 Å². The summed E-state index contributed by atoms with van der Waals surface area (Å²) in [5.74, 6) is 2.01. The van der Waals surface area contributed by atoms with Crippen molar-refractivity contribution in [2.24, 2.45) is 0 Å². The van der Waals surface area contributed by atoms with E-state index in [-0.39, 0.29) is 5.82 Å². The second-order valence-electron chi connectivity index (χ2n) is 7.03. The number of rotatable bonds is 4. The van der Waals surface area contributed by atoms with Crippen LogP contribution in [0.1, 0.15) is 0 Å². The highest BCUT2D eigenvalue weighted by Gasteiger charge is 2.22. The summed E-state index contributed by atoms with van der Waals surface area (Å²) >= 11 is 0. The van der Waals surface area contributed by atoms with Crippen molar-refractivity contribution in [3.05, 3.63) is 60.7 Å². The van der Waals surface area contributed by atoms with Gasteiger partial charge in [-0.05, 0) is 24.3 Å². The first-order valence-electron chi connectivity index (χ1n) is 9.89. The molecule has 0 unspecified atom stereocenters. The summed E-state index contributed by atoms with van der Waals surface area (Å²) in [5.41, 5.74) is 1.72. The third-order valence-electron chi connectivity index (χ3n) is 5.07. The van der Waals surface area contributed by atoms with Crippen LogP contribution in [0.25, 0.3) is 0 Å². The van der Waals surface area contributed by atoms with Crippen molar-refractivity contribution in [1.29, 1.82) is 0 Å². The topological polar surface area (TPSA) is 60.0 Å². The first kappa shape index (κ1) is 18.6. The molecule has 0 radical (unpaired) electrons. The predicted molar refractivity (Wildman–Crippen MR) is 110 cm³/mol. The summed E-state index contributed by atoms with van der Waals surface area (Å²) in [4.78, 5) is 13.0. The second-order valence-corrected chi connectivity index (χ2v) is 7.03. The molecule has 2 aromatic carbocycles. The Labute approximate surface area is 173 Å². The third-order valence-corrected chi connectivity index (χ3v) is 5.07. The monoisotopic (exact) mass is 408 g/mol.